The molecular weight excluding hydrogens is 212 g/mol. The maximum atomic E-state index is 5.61. The lowest BCUT2D eigenvalue weighted by atomic mass is 10.0. The van der Waals surface area contributed by atoms with Crippen LogP contribution in [0.1, 0.15) is 16.8 Å². The van der Waals surface area contributed by atoms with E-state index in [9.17, 15) is 0 Å². The third-order valence-electron chi connectivity index (χ3n) is 3.32. The third-order valence-corrected chi connectivity index (χ3v) is 3.32. The number of hydrogen-bond acceptors (Lipinski definition) is 3. The monoisotopic (exact) mass is 228 g/mol. The zero-order valence-corrected chi connectivity index (χ0v) is 10.2. The van der Waals surface area contributed by atoms with Crippen LogP contribution in [-0.2, 0) is 13.0 Å². The zero-order chi connectivity index (χ0) is 11.8. The molecule has 1 aliphatic rings. The summed E-state index contributed by atoms with van der Waals surface area (Å²) in [4.78, 5) is 4.72. The summed E-state index contributed by atoms with van der Waals surface area (Å²) in [5.74, 6) is 1.01. The van der Waals surface area contributed by atoms with Crippen LogP contribution < -0.4 is 10.1 Å². The van der Waals surface area contributed by atoms with Crippen LogP contribution in [-0.4, -0.2) is 18.6 Å². The average molecular weight is 228 g/mol. The van der Waals surface area contributed by atoms with Gasteiger partial charge in [-0.3, -0.25) is 4.98 Å². The van der Waals surface area contributed by atoms with Gasteiger partial charge in [0.15, 0.2) is 0 Å². The third kappa shape index (κ3) is 1.67. The second-order valence-corrected chi connectivity index (χ2v) is 4.52. The van der Waals surface area contributed by atoms with E-state index in [1.54, 1.807) is 7.11 Å². The Morgan fingerprint density at radius 2 is 2.24 bits per heavy atom. The summed E-state index contributed by atoms with van der Waals surface area (Å²) in [5.41, 5.74) is 4.66. The van der Waals surface area contributed by atoms with Crippen LogP contribution in [0.3, 0.4) is 0 Å². The van der Waals surface area contributed by atoms with Gasteiger partial charge in [-0.05, 0) is 32.0 Å². The predicted octanol–water partition coefficient (Wildman–Crippen LogP) is 2.20. The summed E-state index contributed by atoms with van der Waals surface area (Å²) in [7, 11) is 1.75. The van der Waals surface area contributed by atoms with E-state index in [0.717, 1.165) is 41.9 Å². The minimum absolute atomic E-state index is 0.843. The van der Waals surface area contributed by atoms with Crippen molar-refractivity contribution in [2.45, 2.75) is 19.9 Å². The molecule has 0 unspecified atom stereocenters. The first-order valence-corrected chi connectivity index (χ1v) is 5.96. The second-order valence-electron chi connectivity index (χ2n) is 4.52. The summed E-state index contributed by atoms with van der Waals surface area (Å²) < 4.78 is 5.61. The summed E-state index contributed by atoms with van der Waals surface area (Å²) in [6, 6.07) is 6.32. The highest BCUT2D eigenvalue weighted by atomic mass is 16.5. The lowest BCUT2D eigenvalue weighted by molar-refractivity contribution is 0.410. The first kappa shape index (κ1) is 10.5. The van der Waals surface area contributed by atoms with Crippen LogP contribution in [0, 0.1) is 6.92 Å². The van der Waals surface area contributed by atoms with Gasteiger partial charge >= 0.3 is 0 Å². The second kappa shape index (κ2) is 4.00. The Morgan fingerprint density at radius 1 is 1.35 bits per heavy atom. The van der Waals surface area contributed by atoms with Gasteiger partial charge in [0.25, 0.3) is 0 Å². The van der Waals surface area contributed by atoms with Crippen LogP contribution >= 0.6 is 0 Å². The fraction of sp³-hybridized carbons (Fsp3) is 0.357. The first-order chi connectivity index (χ1) is 8.29. The van der Waals surface area contributed by atoms with Crippen LogP contribution in [0.5, 0.6) is 5.75 Å². The summed E-state index contributed by atoms with van der Waals surface area (Å²) in [6.07, 6.45) is 0.995. The van der Waals surface area contributed by atoms with Gasteiger partial charge in [-0.15, -0.1) is 0 Å². The van der Waals surface area contributed by atoms with Crippen molar-refractivity contribution in [1.29, 1.82) is 0 Å². The van der Waals surface area contributed by atoms with E-state index in [1.807, 2.05) is 0 Å². The number of aromatic nitrogens is 1. The molecular formula is C14H16N2O. The minimum Gasteiger partial charge on any atom is -0.496 e. The molecule has 0 amide bonds. The molecule has 3 heteroatoms. The molecule has 3 nitrogen and oxygen atoms in total. The maximum Gasteiger partial charge on any atom is 0.133 e. The van der Waals surface area contributed by atoms with E-state index in [2.05, 4.69) is 30.4 Å². The van der Waals surface area contributed by atoms with E-state index in [-0.39, 0.29) is 0 Å². The molecule has 1 aromatic heterocycles. The zero-order valence-electron chi connectivity index (χ0n) is 10.2. The fourth-order valence-corrected chi connectivity index (χ4v) is 2.49. The van der Waals surface area contributed by atoms with E-state index in [4.69, 9.17) is 9.72 Å². The molecule has 1 N–H and O–H groups in total. The molecule has 0 aliphatic carbocycles. The number of fused-ring (bicyclic) bond motifs is 2. The van der Waals surface area contributed by atoms with E-state index < -0.39 is 0 Å². The molecule has 0 fully saturated rings. The van der Waals surface area contributed by atoms with Gasteiger partial charge in [0.2, 0.25) is 0 Å². The number of rotatable bonds is 1. The van der Waals surface area contributed by atoms with Crippen molar-refractivity contribution < 1.29 is 4.74 Å². The molecule has 0 saturated carbocycles. The van der Waals surface area contributed by atoms with Crippen molar-refractivity contribution in [3.63, 3.8) is 0 Å². The van der Waals surface area contributed by atoms with Crippen LogP contribution in [0.15, 0.2) is 18.2 Å². The first-order valence-electron chi connectivity index (χ1n) is 5.96. The number of aryl methyl sites for hydroxylation is 1. The Morgan fingerprint density at radius 3 is 3.06 bits per heavy atom. The smallest absolute Gasteiger partial charge is 0.133 e. The standard InChI is InChI=1S/C14H16N2O/c1-9-3-4-12-11(7-9)14(17-2)10-5-6-15-8-13(10)16-12/h3-4,7,15H,5-6,8H2,1-2H3. The molecule has 1 aromatic carbocycles. The molecule has 0 saturated heterocycles. The molecule has 2 heterocycles. The molecule has 0 bridgehead atoms. The highest BCUT2D eigenvalue weighted by Crippen LogP contribution is 2.32. The minimum atomic E-state index is 0.843. The van der Waals surface area contributed by atoms with Crippen molar-refractivity contribution in [1.82, 2.24) is 10.3 Å². The molecule has 1 aliphatic heterocycles. The number of nitrogens with one attached hydrogen (secondary N) is 1. The van der Waals surface area contributed by atoms with E-state index in [1.165, 1.54) is 11.1 Å². The molecule has 2 aromatic rings. The number of ether oxygens (including phenoxy) is 1. The number of methoxy groups -OCH3 is 1. The number of hydrogen-bond donors (Lipinski definition) is 1. The Labute approximate surface area is 101 Å². The SMILES string of the molecule is COc1c2c(nc3ccc(C)cc13)CNCC2. The quantitative estimate of drug-likeness (QED) is 0.812. The van der Waals surface area contributed by atoms with Gasteiger partial charge in [0, 0.05) is 17.5 Å². The van der Waals surface area contributed by atoms with Gasteiger partial charge in [0.05, 0.1) is 18.3 Å². The summed E-state index contributed by atoms with van der Waals surface area (Å²) in [6.45, 7) is 3.94. The molecule has 17 heavy (non-hydrogen) atoms. The van der Waals surface area contributed by atoms with Gasteiger partial charge in [-0.2, -0.15) is 0 Å². The lowest BCUT2D eigenvalue weighted by Gasteiger charge is -2.20. The van der Waals surface area contributed by atoms with Crippen molar-refractivity contribution in [2.24, 2.45) is 0 Å². The summed E-state index contributed by atoms with van der Waals surface area (Å²) in [5, 5.41) is 4.48. The van der Waals surface area contributed by atoms with E-state index >= 15 is 0 Å². The number of pyridine rings is 1. The Bertz CT molecular complexity index is 578. The normalized spacial score (nSPS) is 14.7. The fourth-order valence-electron chi connectivity index (χ4n) is 2.49. The van der Waals surface area contributed by atoms with Crippen LogP contribution in [0.25, 0.3) is 10.9 Å². The Hall–Kier alpha value is -1.61. The lowest BCUT2D eigenvalue weighted by Crippen LogP contribution is -2.25. The Kier molecular flexibility index (Phi) is 2.48. The molecule has 88 valence electrons. The van der Waals surface area contributed by atoms with Gasteiger partial charge in [0.1, 0.15) is 5.75 Å². The highest BCUT2D eigenvalue weighted by molar-refractivity contribution is 5.87. The maximum absolute atomic E-state index is 5.61. The number of nitrogens with zero attached hydrogens (tertiary/aromatic N) is 1. The van der Waals surface area contributed by atoms with E-state index in [0.29, 0.717) is 0 Å². The average Bonchev–Trinajstić information content (AvgIpc) is 2.36. The molecule has 0 radical (unpaired) electrons. The molecule has 0 spiro atoms. The predicted molar refractivity (Wildman–Crippen MR) is 68.4 cm³/mol. The molecule has 3 rings (SSSR count). The van der Waals surface area contributed by atoms with Gasteiger partial charge in [-0.25, -0.2) is 0 Å². The van der Waals surface area contributed by atoms with Crippen molar-refractivity contribution in [2.75, 3.05) is 13.7 Å². The van der Waals surface area contributed by atoms with Crippen molar-refractivity contribution in [3.8, 4) is 5.75 Å². The topological polar surface area (TPSA) is 34.1 Å². The molecule has 0 atom stereocenters. The van der Waals surface area contributed by atoms with Crippen molar-refractivity contribution >= 4 is 10.9 Å². The Balaban J connectivity index is 2.35. The van der Waals surface area contributed by atoms with Crippen molar-refractivity contribution in [3.05, 3.63) is 35.0 Å². The highest BCUT2D eigenvalue weighted by Gasteiger charge is 2.18. The van der Waals surface area contributed by atoms with Gasteiger partial charge < -0.3 is 10.1 Å². The van der Waals surface area contributed by atoms with Crippen LogP contribution in [0.2, 0.25) is 0 Å². The van der Waals surface area contributed by atoms with Crippen LogP contribution in [0.4, 0.5) is 0 Å². The number of benzene rings is 1. The summed E-state index contributed by atoms with van der Waals surface area (Å²) >= 11 is 0. The van der Waals surface area contributed by atoms with Gasteiger partial charge in [-0.1, -0.05) is 11.6 Å². The largest absolute Gasteiger partial charge is 0.496 e.